The van der Waals surface area contributed by atoms with Crippen molar-refractivity contribution >= 4 is 5.91 Å². The van der Waals surface area contributed by atoms with Gasteiger partial charge < -0.3 is 4.90 Å². The third kappa shape index (κ3) is 3.01. The summed E-state index contributed by atoms with van der Waals surface area (Å²) >= 11 is 0. The van der Waals surface area contributed by atoms with Crippen molar-refractivity contribution in [1.29, 1.82) is 0 Å². The molecule has 8 heteroatoms. The Morgan fingerprint density at radius 1 is 1.24 bits per heavy atom. The minimum atomic E-state index is -0.592. The van der Waals surface area contributed by atoms with Crippen molar-refractivity contribution in [1.82, 2.24) is 25.1 Å². The van der Waals surface area contributed by atoms with Gasteiger partial charge in [0.2, 0.25) is 5.91 Å². The van der Waals surface area contributed by atoms with Gasteiger partial charge in [-0.3, -0.25) is 4.79 Å². The number of carbonyl (C=O) groups excluding carboxylic acids is 1. The second kappa shape index (κ2) is 6.16. The van der Waals surface area contributed by atoms with E-state index in [0.29, 0.717) is 25.1 Å². The average molecular weight is 347 g/mol. The molecule has 2 aromatic rings. The van der Waals surface area contributed by atoms with Crippen LogP contribution < -0.4 is 0 Å². The number of likely N-dealkylation sites (tertiary alicyclic amines) is 1. The molecule has 0 bridgehead atoms. The quantitative estimate of drug-likeness (QED) is 0.852. The summed E-state index contributed by atoms with van der Waals surface area (Å²) in [5.41, 5.74) is 0.444. The van der Waals surface area contributed by atoms with E-state index in [0.717, 1.165) is 24.7 Å². The van der Waals surface area contributed by atoms with Crippen LogP contribution in [-0.2, 0) is 11.8 Å². The Kier molecular flexibility index (Phi) is 3.97. The third-order valence-electron chi connectivity index (χ3n) is 5.29. The molecule has 2 heterocycles. The van der Waals surface area contributed by atoms with Gasteiger partial charge >= 0.3 is 0 Å². The van der Waals surface area contributed by atoms with E-state index in [9.17, 15) is 13.6 Å². The van der Waals surface area contributed by atoms with Crippen molar-refractivity contribution in [2.75, 3.05) is 13.1 Å². The van der Waals surface area contributed by atoms with Crippen molar-refractivity contribution in [2.24, 2.45) is 13.0 Å². The van der Waals surface area contributed by atoms with Crippen molar-refractivity contribution < 1.29 is 13.6 Å². The van der Waals surface area contributed by atoms with E-state index in [-0.39, 0.29) is 23.7 Å². The number of aromatic nitrogens is 4. The van der Waals surface area contributed by atoms with Crippen LogP contribution in [0.5, 0.6) is 0 Å². The number of rotatable bonds is 3. The van der Waals surface area contributed by atoms with Gasteiger partial charge in [0.1, 0.15) is 11.6 Å². The van der Waals surface area contributed by atoms with E-state index in [4.69, 9.17) is 0 Å². The summed E-state index contributed by atoms with van der Waals surface area (Å²) in [5.74, 6) is -0.290. The number of hydrogen-bond acceptors (Lipinski definition) is 4. The standard InChI is InChI=1S/C17H19F2N5O/c1-23-16(20-21-22-23)10-4-6-24(7-5-10)17(25)14-9-13(14)12-3-2-11(18)8-15(12)19/h2-3,8,10,13-14H,4-7,9H2,1H3/t13-,14+/m0/s1. The number of hydrogen-bond donors (Lipinski definition) is 0. The highest BCUT2D eigenvalue weighted by Crippen LogP contribution is 2.49. The highest BCUT2D eigenvalue weighted by molar-refractivity contribution is 5.83. The Hall–Kier alpha value is -2.38. The first-order valence-electron chi connectivity index (χ1n) is 8.50. The number of amides is 1. The summed E-state index contributed by atoms with van der Waals surface area (Å²) in [6, 6.07) is 3.59. The summed E-state index contributed by atoms with van der Waals surface area (Å²) in [6.45, 7) is 1.32. The van der Waals surface area contributed by atoms with Crippen LogP contribution in [0, 0.1) is 17.6 Å². The SMILES string of the molecule is Cn1nnnc1C1CCN(C(=O)[C@@H]2C[C@H]2c2ccc(F)cc2F)CC1. The molecule has 1 aromatic heterocycles. The van der Waals surface area contributed by atoms with Gasteiger partial charge in [-0.2, -0.15) is 0 Å². The lowest BCUT2D eigenvalue weighted by molar-refractivity contribution is -0.133. The summed E-state index contributed by atoms with van der Waals surface area (Å²) < 4.78 is 28.6. The van der Waals surface area contributed by atoms with Gasteiger partial charge in [-0.05, 0) is 47.2 Å². The Labute approximate surface area is 143 Å². The molecule has 2 atom stereocenters. The first-order valence-corrected chi connectivity index (χ1v) is 8.50. The lowest BCUT2D eigenvalue weighted by Crippen LogP contribution is -2.39. The second-order valence-electron chi connectivity index (χ2n) is 6.87. The number of halogens is 2. The molecule has 0 unspecified atom stereocenters. The first-order chi connectivity index (χ1) is 12.0. The van der Waals surface area contributed by atoms with Crippen molar-refractivity contribution in [3.8, 4) is 0 Å². The zero-order valence-corrected chi connectivity index (χ0v) is 13.9. The largest absolute Gasteiger partial charge is 0.342 e. The summed E-state index contributed by atoms with van der Waals surface area (Å²) in [7, 11) is 1.82. The topological polar surface area (TPSA) is 63.9 Å². The maximum absolute atomic E-state index is 13.9. The van der Waals surface area contributed by atoms with E-state index in [1.54, 1.807) is 4.68 Å². The fourth-order valence-corrected chi connectivity index (χ4v) is 3.79. The molecule has 1 aliphatic carbocycles. The predicted molar refractivity (Wildman–Crippen MR) is 84.6 cm³/mol. The smallest absolute Gasteiger partial charge is 0.226 e. The van der Waals surface area contributed by atoms with Gasteiger partial charge in [-0.25, -0.2) is 13.5 Å². The van der Waals surface area contributed by atoms with Gasteiger partial charge in [0, 0.05) is 38.0 Å². The molecule has 1 aliphatic heterocycles. The van der Waals surface area contributed by atoms with Gasteiger partial charge in [0.05, 0.1) is 0 Å². The Bertz CT molecular complexity index is 800. The molecular formula is C17H19F2N5O. The lowest BCUT2D eigenvalue weighted by Gasteiger charge is -2.31. The number of benzene rings is 1. The molecule has 1 amide bonds. The van der Waals surface area contributed by atoms with E-state index in [1.165, 1.54) is 12.1 Å². The Balaban J connectivity index is 1.36. The third-order valence-corrected chi connectivity index (χ3v) is 5.29. The fourth-order valence-electron chi connectivity index (χ4n) is 3.79. The van der Waals surface area contributed by atoms with Crippen molar-refractivity contribution in [3.05, 3.63) is 41.2 Å². The monoisotopic (exact) mass is 347 g/mol. The van der Waals surface area contributed by atoms with Crippen LogP contribution in [0.1, 0.15) is 42.5 Å². The highest BCUT2D eigenvalue weighted by atomic mass is 19.1. The average Bonchev–Trinajstić information content (AvgIpc) is 3.27. The van der Waals surface area contributed by atoms with Crippen LogP contribution in [0.4, 0.5) is 8.78 Å². The summed E-state index contributed by atoms with van der Waals surface area (Å²) in [4.78, 5) is 14.5. The predicted octanol–water partition coefficient (Wildman–Crippen LogP) is 2.00. The molecule has 4 rings (SSSR count). The zero-order valence-electron chi connectivity index (χ0n) is 13.9. The van der Waals surface area contributed by atoms with Gasteiger partial charge in [0.15, 0.2) is 5.82 Å². The molecule has 6 nitrogen and oxygen atoms in total. The molecular weight excluding hydrogens is 328 g/mol. The molecule has 2 fully saturated rings. The molecule has 1 saturated heterocycles. The number of aryl methyl sites for hydroxylation is 1. The maximum Gasteiger partial charge on any atom is 0.226 e. The van der Waals surface area contributed by atoms with E-state index in [2.05, 4.69) is 15.5 Å². The summed E-state index contributed by atoms with van der Waals surface area (Å²) in [6.07, 6.45) is 2.28. The van der Waals surface area contributed by atoms with Gasteiger partial charge in [0.25, 0.3) is 0 Å². The molecule has 1 aromatic carbocycles. The Morgan fingerprint density at radius 3 is 2.64 bits per heavy atom. The van der Waals surface area contributed by atoms with E-state index < -0.39 is 11.6 Å². The number of tetrazole rings is 1. The number of piperidine rings is 1. The molecule has 132 valence electrons. The molecule has 0 N–H and O–H groups in total. The number of carbonyl (C=O) groups is 1. The van der Waals surface area contributed by atoms with Gasteiger partial charge in [-0.15, -0.1) is 5.10 Å². The first kappa shape index (κ1) is 16.1. The van der Waals surface area contributed by atoms with Crippen molar-refractivity contribution in [3.63, 3.8) is 0 Å². The Morgan fingerprint density at radius 2 is 2.00 bits per heavy atom. The minimum absolute atomic E-state index is 0.0725. The molecule has 2 aliphatic rings. The number of nitrogens with zero attached hydrogens (tertiary/aromatic N) is 5. The van der Waals surface area contributed by atoms with Crippen LogP contribution in [-0.4, -0.2) is 44.1 Å². The van der Waals surface area contributed by atoms with E-state index >= 15 is 0 Å². The van der Waals surface area contributed by atoms with Crippen molar-refractivity contribution in [2.45, 2.75) is 31.1 Å². The lowest BCUT2D eigenvalue weighted by atomic mass is 9.95. The van der Waals surface area contributed by atoms with Crippen LogP contribution >= 0.6 is 0 Å². The molecule has 0 radical (unpaired) electrons. The van der Waals surface area contributed by atoms with Crippen LogP contribution in [0.3, 0.4) is 0 Å². The summed E-state index contributed by atoms with van der Waals surface area (Å²) in [5, 5.41) is 11.6. The fraction of sp³-hybridized carbons (Fsp3) is 0.529. The molecule has 0 spiro atoms. The molecule has 25 heavy (non-hydrogen) atoms. The van der Waals surface area contributed by atoms with Crippen LogP contribution in [0.15, 0.2) is 18.2 Å². The highest BCUT2D eigenvalue weighted by Gasteiger charge is 2.47. The van der Waals surface area contributed by atoms with Crippen LogP contribution in [0.2, 0.25) is 0 Å². The minimum Gasteiger partial charge on any atom is -0.342 e. The van der Waals surface area contributed by atoms with Crippen LogP contribution in [0.25, 0.3) is 0 Å². The van der Waals surface area contributed by atoms with Gasteiger partial charge in [-0.1, -0.05) is 6.07 Å². The second-order valence-corrected chi connectivity index (χ2v) is 6.87. The maximum atomic E-state index is 13.9. The zero-order chi connectivity index (χ0) is 17.6. The normalized spacial score (nSPS) is 23.7. The molecule has 1 saturated carbocycles. The van der Waals surface area contributed by atoms with E-state index in [1.807, 2.05) is 11.9 Å².